The van der Waals surface area contributed by atoms with E-state index in [1.807, 2.05) is 31.2 Å². The standard InChI is InChI=1S/C25H26N4O4S/c1-15-7-9-16(10-8-15)29-12-11-19(30)22(28-29)24(32)27-25-21(18-5-2-6-20(18)34-25)23(31)26-14-17-4-3-13-33-17/h7-12,17H,2-6,13-14H2,1H3,(H,26,31)(H,27,32). The Labute approximate surface area is 201 Å². The molecule has 1 aliphatic heterocycles. The number of aromatic nitrogens is 2. The van der Waals surface area contributed by atoms with E-state index in [0.717, 1.165) is 60.4 Å². The van der Waals surface area contributed by atoms with E-state index < -0.39 is 11.3 Å². The van der Waals surface area contributed by atoms with Crippen LogP contribution in [-0.2, 0) is 17.6 Å². The van der Waals surface area contributed by atoms with Crippen LogP contribution in [0.5, 0.6) is 0 Å². The van der Waals surface area contributed by atoms with Gasteiger partial charge in [0.25, 0.3) is 11.8 Å². The topological polar surface area (TPSA) is 102 Å². The number of rotatable bonds is 6. The van der Waals surface area contributed by atoms with Gasteiger partial charge >= 0.3 is 0 Å². The first kappa shape index (κ1) is 22.5. The molecule has 8 nitrogen and oxygen atoms in total. The van der Waals surface area contributed by atoms with Crippen LogP contribution in [-0.4, -0.2) is 40.9 Å². The number of hydrogen-bond acceptors (Lipinski definition) is 6. The van der Waals surface area contributed by atoms with Gasteiger partial charge in [0, 0.05) is 30.3 Å². The second-order valence-electron chi connectivity index (χ2n) is 8.67. The van der Waals surface area contributed by atoms with Crippen LogP contribution in [0.3, 0.4) is 0 Å². The van der Waals surface area contributed by atoms with E-state index in [1.165, 1.54) is 28.3 Å². The minimum absolute atomic E-state index is 0.0300. The number of carbonyl (C=O) groups excluding carboxylic acids is 2. The maximum absolute atomic E-state index is 13.1. The number of fused-ring (bicyclic) bond motifs is 1. The number of amides is 2. The molecule has 5 rings (SSSR count). The summed E-state index contributed by atoms with van der Waals surface area (Å²) in [5.41, 5.74) is 2.63. The van der Waals surface area contributed by atoms with Crippen molar-refractivity contribution in [3.63, 3.8) is 0 Å². The van der Waals surface area contributed by atoms with Crippen molar-refractivity contribution in [2.24, 2.45) is 0 Å². The molecule has 0 bridgehead atoms. The highest BCUT2D eigenvalue weighted by Gasteiger charge is 2.29. The van der Waals surface area contributed by atoms with Crippen LogP contribution in [0.25, 0.3) is 5.69 Å². The van der Waals surface area contributed by atoms with Crippen LogP contribution >= 0.6 is 11.3 Å². The lowest BCUT2D eigenvalue weighted by Gasteiger charge is -2.13. The highest BCUT2D eigenvalue weighted by Crippen LogP contribution is 2.39. The minimum atomic E-state index is -0.625. The van der Waals surface area contributed by atoms with Gasteiger partial charge in [-0.05, 0) is 56.7 Å². The molecule has 3 aromatic rings. The van der Waals surface area contributed by atoms with Crippen molar-refractivity contribution in [1.82, 2.24) is 15.1 Å². The Morgan fingerprint density at radius 1 is 1.15 bits per heavy atom. The molecule has 2 aromatic heterocycles. The smallest absolute Gasteiger partial charge is 0.280 e. The summed E-state index contributed by atoms with van der Waals surface area (Å²) in [7, 11) is 0. The van der Waals surface area contributed by atoms with Crippen molar-refractivity contribution < 1.29 is 14.3 Å². The largest absolute Gasteiger partial charge is 0.376 e. The summed E-state index contributed by atoms with van der Waals surface area (Å²) in [6.07, 6.45) is 6.16. The van der Waals surface area contributed by atoms with E-state index >= 15 is 0 Å². The summed E-state index contributed by atoms with van der Waals surface area (Å²) >= 11 is 1.41. The SMILES string of the molecule is Cc1ccc(-n2ccc(=O)c(C(=O)Nc3sc4c(c3C(=O)NCC3CCCO3)CCC4)n2)cc1. The lowest BCUT2D eigenvalue weighted by Crippen LogP contribution is -2.33. The van der Waals surface area contributed by atoms with Crippen molar-refractivity contribution >= 4 is 28.2 Å². The molecule has 1 unspecified atom stereocenters. The van der Waals surface area contributed by atoms with Gasteiger partial charge in [-0.15, -0.1) is 11.3 Å². The second kappa shape index (κ2) is 9.52. The first-order valence-corrected chi connectivity index (χ1v) is 12.3. The van der Waals surface area contributed by atoms with E-state index in [1.54, 1.807) is 0 Å². The molecule has 176 valence electrons. The number of hydrogen-bond donors (Lipinski definition) is 2. The van der Waals surface area contributed by atoms with Crippen molar-refractivity contribution in [3.05, 3.63) is 74.0 Å². The van der Waals surface area contributed by atoms with Gasteiger partial charge in [-0.3, -0.25) is 14.4 Å². The molecule has 2 N–H and O–H groups in total. The van der Waals surface area contributed by atoms with Crippen LogP contribution in [0.2, 0.25) is 0 Å². The van der Waals surface area contributed by atoms with Crippen LogP contribution in [0.4, 0.5) is 5.00 Å². The number of nitrogens with one attached hydrogen (secondary N) is 2. The Hall–Kier alpha value is -3.30. The fraction of sp³-hybridized carbons (Fsp3) is 0.360. The molecule has 2 aliphatic rings. The first-order chi connectivity index (χ1) is 16.5. The van der Waals surface area contributed by atoms with Gasteiger partial charge in [-0.25, -0.2) is 4.68 Å². The molecule has 1 aliphatic carbocycles. The van der Waals surface area contributed by atoms with Gasteiger partial charge in [0.1, 0.15) is 5.00 Å². The second-order valence-corrected chi connectivity index (χ2v) is 9.77. The van der Waals surface area contributed by atoms with Crippen LogP contribution in [0, 0.1) is 6.92 Å². The highest BCUT2D eigenvalue weighted by atomic mass is 32.1. The number of ether oxygens (including phenoxy) is 1. The Balaban J connectivity index is 1.39. The summed E-state index contributed by atoms with van der Waals surface area (Å²) in [6.45, 7) is 3.15. The molecule has 0 spiro atoms. The van der Waals surface area contributed by atoms with E-state index in [4.69, 9.17) is 4.74 Å². The third kappa shape index (κ3) is 4.53. The molecule has 34 heavy (non-hydrogen) atoms. The van der Waals surface area contributed by atoms with E-state index in [9.17, 15) is 14.4 Å². The molecule has 1 fully saturated rings. The summed E-state index contributed by atoms with van der Waals surface area (Å²) in [5.74, 6) is -0.845. The minimum Gasteiger partial charge on any atom is -0.376 e. The number of anilines is 1. The molecule has 3 heterocycles. The van der Waals surface area contributed by atoms with Crippen LogP contribution < -0.4 is 16.1 Å². The Kier molecular flexibility index (Phi) is 6.30. The van der Waals surface area contributed by atoms with Crippen LogP contribution in [0.1, 0.15) is 56.1 Å². The van der Waals surface area contributed by atoms with Crippen molar-refractivity contribution in [2.75, 3.05) is 18.5 Å². The van der Waals surface area contributed by atoms with Gasteiger partial charge in [0.05, 0.1) is 17.4 Å². The number of thiophene rings is 1. The highest BCUT2D eigenvalue weighted by molar-refractivity contribution is 7.17. The zero-order valence-corrected chi connectivity index (χ0v) is 19.7. The average Bonchev–Trinajstić information content (AvgIpc) is 3.56. The number of benzene rings is 1. The van der Waals surface area contributed by atoms with E-state index in [0.29, 0.717) is 17.1 Å². The summed E-state index contributed by atoms with van der Waals surface area (Å²) < 4.78 is 7.11. The quantitative estimate of drug-likeness (QED) is 0.566. The molecular formula is C25H26N4O4S. The third-order valence-electron chi connectivity index (χ3n) is 6.21. The predicted octanol–water partition coefficient (Wildman–Crippen LogP) is 3.25. The molecular weight excluding hydrogens is 452 g/mol. The monoisotopic (exact) mass is 478 g/mol. The van der Waals surface area contributed by atoms with Gasteiger partial charge in [-0.1, -0.05) is 17.7 Å². The van der Waals surface area contributed by atoms with E-state index in [-0.39, 0.29) is 17.7 Å². The number of nitrogens with zero attached hydrogens (tertiary/aromatic N) is 2. The zero-order valence-electron chi connectivity index (χ0n) is 18.9. The van der Waals surface area contributed by atoms with Crippen molar-refractivity contribution in [2.45, 2.75) is 45.1 Å². The van der Waals surface area contributed by atoms with Crippen LogP contribution in [0.15, 0.2) is 41.3 Å². The fourth-order valence-electron chi connectivity index (χ4n) is 4.40. The zero-order chi connectivity index (χ0) is 23.7. The Morgan fingerprint density at radius 2 is 1.97 bits per heavy atom. The number of aryl methyl sites for hydroxylation is 2. The van der Waals surface area contributed by atoms with E-state index in [2.05, 4.69) is 15.7 Å². The van der Waals surface area contributed by atoms with Gasteiger partial charge in [0.15, 0.2) is 5.69 Å². The molecule has 2 amide bonds. The van der Waals surface area contributed by atoms with Crippen molar-refractivity contribution in [3.8, 4) is 5.69 Å². The molecule has 0 radical (unpaired) electrons. The first-order valence-electron chi connectivity index (χ1n) is 11.5. The summed E-state index contributed by atoms with van der Waals surface area (Å²) in [5, 5.41) is 10.5. The molecule has 1 saturated heterocycles. The molecule has 1 atom stereocenters. The summed E-state index contributed by atoms with van der Waals surface area (Å²) in [6, 6.07) is 8.93. The van der Waals surface area contributed by atoms with Gasteiger partial charge in [-0.2, -0.15) is 5.10 Å². The van der Waals surface area contributed by atoms with Gasteiger partial charge < -0.3 is 15.4 Å². The molecule has 0 saturated carbocycles. The van der Waals surface area contributed by atoms with Gasteiger partial charge in [0.2, 0.25) is 5.43 Å². The maximum atomic E-state index is 13.1. The maximum Gasteiger partial charge on any atom is 0.280 e. The normalized spacial score (nSPS) is 16.9. The average molecular weight is 479 g/mol. The fourth-order valence-corrected chi connectivity index (χ4v) is 5.68. The summed E-state index contributed by atoms with van der Waals surface area (Å²) in [4.78, 5) is 39.8. The lowest BCUT2D eigenvalue weighted by atomic mass is 10.1. The number of carbonyl (C=O) groups is 2. The Bertz CT molecular complexity index is 1290. The molecule has 9 heteroatoms. The van der Waals surface area contributed by atoms with Crippen molar-refractivity contribution in [1.29, 1.82) is 0 Å². The lowest BCUT2D eigenvalue weighted by molar-refractivity contribution is 0.0858. The third-order valence-corrected chi connectivity index (χ3v) is 7.42. The molecule has 1 aromatic carbocycles. The Morgan fingerprint density at radius 3 is 2.74 bits per heavy atom. The predicted molar refractivity (Wildman–Crippen MR) is 130 cm³/mol.